The van der Waals surface area contributed by atoms with E-state index in [-0.39, 0.29) is 23.5 Å². The molecule has 2 aromatic carbocycles. The van der Waals surface area contributed by atoms with Gasteiger partial charge in [0.15, 0.2) is 23.0 Å². The second-order valence-corrected chi connectivity index (χ2v) is 10.4. The SMILES string of the molecule is CCC(N)=O.CCCC(Oc1cccc2c1OC(C)(C)C2)(Oc1cccc2c1OC(C)(C)C2)C(=O)O. The minimum absolute atomic E-state index is 0.155. The van der Waals surface area contributed by atoms with Crippen LogP contribution in [0.25, 0.3) is 0 Å². The minimum atomic E-state index is -1.91. The summed E-state index contributed by atoms with van der Waals surface area (Å²) in [6, 6.07) is 11.1. The van der Waals surface area contributed by atoms with Gasteiger partial charge in [0.1, 0.15) is 11.2 Å². The largest absolute Gasteiger partial charge is 0.483 e. The minimum Gasteiger partial charge on any atom is -0.483 e. The van der Waals surface area contributed by atoms with Crippen molar-refractivity contribution in [1.29, 1.82) is 0 Å². The Labute approximate surface area is 212 Å². The lowest BCUT2D eigenvalue weighted by Crippen LogP contribution is -2.50. The molecular weight excluding hydrogens is 462 g/mol. The first-order chi connectivity index (χ1) is 16.8. The summed E-state index contributed by atoms with van der Waals surface area (Å²) >= 11 is 0. The van der Waals surface area contributed by atoms with Crippen LogP contribution in [-0.4, -0.2) is 34.0 Å². The summed E-state index contributed by atoms with van der Waals surface area (Å²) in [5.41, 5.74) is 5.88. The van der Waals surface area contributed by atoms with Gasteiger partial charge in [0.25, 0.3) is 0 Å². The quantitative estimate of drug-likeness (QED) is 0.489. The molecule has 0 fully saturated rings. The van der Waals surface area contributed by atoms with E-state index in [0.29, 0.717) is 35.8 Å². The van der Waals surface area contributed by atoms with Gasteiger partial charge in [0, 0.05) is 36.8 Å². The number of hydrogen-bond acceptors (Lipinski definition) is 6. The number of carbonyl (C=O) groups is 2. The van der Waals surface area contributed by atoms with E-state index >= 15 is 0 Å². The number of ether oxygens (including phenoxy) is 4. The highest BCUT2D eigenvalue weighted by Gasteiger charge is 2.47. The highest BCUT2D eigenvalue weighted by atomic mass is 16.7. The van der Waals surface area contributed by atoms with Crippen LogP contribution in [0.1, 0.15) is 71.9 Å². The van der Waals surface area contributed by atoms with Crippen LogP contribution >= 0.6 is 0 Å². The number of primary amides is 1. The van der Waals surface area contributed by atoms with Crippen molar-refractivity contribution in [2.24, 2.45) is 5.73 Å². The van der Waals surface area contributed by atoms with Crippen LogP contribution < -0.4 is 24.7 Å². The molecule has 0 aliphatic carbocycles. The van der Waals surface area contributed by atoms with Crippen molar-refractivity contribution in [3.05, 3.63) is 47.5 Å². The summed E-state index contributed by atoms with van der Waals surface area (Å²) in [7, 11) is 0. The normalized spacial score (nSPS) is 16.4. The zero-order chi connectivity index (χ0) is 26.7. The number of amides is 1. The van der Waals surface area contributed by atoms with Crippen molar-refractivity contribution in [1.82, 2.24) is 0 Å². The van der Waals surface area contributed by atoms with Crippen LogP contribution in [-0.2, 0) is 22.4 Å². The van der Waals surface area contributed by atoms with Crippen molar-refractivity contribution in [3.8, 4) is 23.0 Å². The maximum absolute atomic E-state index is 12.5. The van der Waals surface area contributed by atoms with E-state index in [4.69, 9.17) is 18.9 Å². The molecule has 0 aromatic heterocycles. The number of carboxylic acid groups (broad SMARTS) is 1. The Hall–Kier alpha value is -3.42. The van der Waals surface area contributed by atoms with Gasteiger partial charge in [-0.05, 0) is 46.2 Å². The Morgan fingerprint density at radius 3 is 1.67 bits per heavy atom. The van der Waals surface area contributed by atoms with Crippen LogP contribution in [0.5, 0.6) is 23.0 Å². The Balaban J connectivity index is 0.000000658. The van der Waals surface area contributed by atoms with Crippen LogP contribution in [0, 0.1) is 0 Å². The predicted octanol–water partition coefficient (Wildman–Crippen LogP) is 5.03. The Morgan fingerprint density at radius 2 is 1.33 bits per heavy atom. The van der Waals surface area contributed by atoms with Gasteiger partial charge in [0.2, 0.25) is 5.91 Å². The molecule has 0 unspecified atom stereocenters. The third-order valence-corrected chi connectivity index (χ3v) is 5.91. The highest BCUT2D eigenvalue weighted by Crippen LogP contribution is 2.46. The molecule has 36 heavy (non-hydrogen) atoms. The molecule has 0 saturated carbocycles. The summed E-state index contributed by atoms with van der Waals surface area (Å²) in [4.78, 5) is 22.1. The van der Waals surface area contributed by atoms with Gasteiger partial charge < -0.3 is 29.8 Å². The molecule has 1 amide bonds. The number of para-hydroxylation sites is 2. The highest BCUT2D eigenvalue weighted by molar-refractivity contribution is 5.77. The molecule has 0 spiro atoms. The number of fused-ring (bicyclic) bond motifs is 2. The average Bonchev–Trinajstić information content (AvgIpc) is 3.28. The summed E-state index contributed by atoms with van der Waals surface area (Å²) in [5.74, 6) is -1.46. The number of aliphatic carboxylic acids is 1. The van der Waals surface area contributed by atoms with Gasteiger partial charge in [-0.2, -0.15) is 0 Å². The lowest BCUT2D eigenvalue weighted by atomic mass is 10.0. The van der Waals surface area contributed by atoms with Crippen LogP contribution in [0.3, 0.4) is 0 Å². The fourth-order valence-electron chi connectivity index (χ4n) is 4.34. The maximum Gasteiger partial charge on any atom is 0.390 e. The molecule has 2 aliphatic heterocycles. The van der Waals surface area contributed by atoms with Gasteiger partial charge in [-0.25, -0.2) is 4.79 Å². The van der Waals surface area contributed by atoms with E-state index in [1.165, 1.54) is 0 Å². The van der Waals surface area contributed by atoms with Crippen molar-refractivity contribution in [2.45, 2.75) is 90.6 Å². The van der Waals surface area contributed by atoms with Gasteiger partial charge in [0.05, 0.1) is 0 Å². The smallest absolute Gasteiger partial charge is 0.390 e. The molecule has 0 atom stereocenters. The maximum atomic E-state index is 12.5. The number of hydrogen-bond donors (Lipinski definition) is 2. The van der Waals surface area contributed by atoms with Crippen molar-refractivity contribution < 1.29 is 33.6 Å². The molecule has 3 N–H and O–H groups in total. The summed E-state index contributed by atoms with van der Waals surface area (Å²) < 4.78 is 24.5. The number of rotatable bonds is 8. The second kappa shape index (κ2) is 10.3. The fraction of sp³-hybridized carbons (Fsp3) is 0.500. The summed E-state index contributed by atoms with van der Waals surface area (Å²) in [6.45, 7) is 11.6. The lowest BCUT2D eigenvalue weighted by molar-refractivity contribution is -0.188. The van der Waals surface area contributed by atoms with Gasteiger partial charge in [-0.1, -0.05) is 38.1 Å². The summed E-state index contributed by atoms with van der Waals surface area (Å²) in [5, 5.41) is 10.2. The molecular formula is C28H37NO7. The predicted molar refractivity (Wildman–Crippen MR) is 136 cm³/mol. The van der Waals surface area contributed by atoms with Crippen molar-refractivity contribution in [2.75, 3.05) is 0 Å². The van der Waals surface area contributed by atoms with E-state index in [1.807, 2.05) is 58.9 Å². The average molecular weight is 500 g/mol. The fourth-order valence-corrected chi connectivity index (χ4v) is 4.34. The topological polar surface area (TPSA) is 117 Å². The molecule has 2 heterocycles. The molecule has 0 bridgehead atoms. The molecule has 4 rings (SSSR count). The number of benzene rings is 2. The molecule has 8 nitrogen and oxygen atoms in total. The zero-order valence-electron chi connectivity index (χ0n) is 22.0. The molecule has 196 valence electrons. The number of carbonyl (C=O) groups excluding carboxylic acids is 1. The second-order valence-electron chi connectivity index (χ2n) is 10.4. The van der Waals surface area contributed by atoms with Gasteiger partial charge >= 0.3 is 11.8 Å². The van der Waals surface area contributed by atoms with E-state index in [0.717, 1.165) is 24.0 Å². The number of nitrogens with two attached hydrogens (primary N) is 1. The van der Waals surface area contributed by atoms with E-state index in [1.54, 1.807) is 19.1 Å². The molecule has 2 aromatic rings. The Bertz CT molecular complexity index is 1050. The molecule has 2 aliphatic rings. The lowest BCUT2D eigenvalue weighted by Gasteiger charge is -2.32. The van der Waals surface area contributed by atoms with Crippen molar-refractivity contribution >= 4 is 11.9 Å². The first-order valence-corrected chi connectivity index (χ1v) is 12.3. The molecule has 8 heteroatoms. The van der Waals surface area contributed by atoms with E-state index in [2.05, 4.69) is 5.73 Å². The Morgan fingerprint density at radius 1 is 0.917 bits per heavy atom. The Kier molecular flexibility index (Phi) is 7.76. The number of carboxylic acids is 1. The molecule has 0 radical (unpaired) electrons. The first kappa shape index (κ1) is 27.2. The van der Waals surface area contributed by atoms with Crippen LogP contribution in [0.4, 0.5) is 0 Å². The van der Waals surface area contributed by atoms with E-state index < -0.39 is 11.8 Å². The third-order valence-electron chi connectivity index (χ3n) is 5.91. The molecule has 0 saturated heterocycles. The standard InChI is InChI=1S/C25H30O6.C3H7NO/c1-6-13-25(22(26)27,28-18-11-7-9-16-14-23(2,3)30-20(16)18)29-19-12-8-10-17-15-24(4,5)31-21(17)19;1-2-3(4)5/h7-12H,6,13-15H2,1-5H3,(H,26,27);2H2,1H3,(H2,4,5). The first-order valence-electron chi connectivity index (χ1n) is 12.3. The van der Waals surface area contributed by atoms with Gasteiger partial charge in [-0.15, -0.1) is 0 Å². The van der Waals surface area contributed by atoms with E-state index in [9.17, 15) is 14.7 Å². The van der Waals surface area contributed by atoms with Gasteiger partial charge in [-0.3, -0.25) is 4.79 Å². The zero-order valence-corrected chi connectivity index (χ0v) is 22.0. The van der Waals surface area contributed by atoms with Crippen LogP contribution in [0.2, 0.25) is 0 Å². The van der Waals surface area contributed by atoms with Crippen LogP contribution in [0.15, 0.2) is 36.4 Å². The van der Waals surface area contributed by atoms with Crippen molar-refractivity contribution in [3.63, 3.8) is 0 Å². The third kappa shape index (κ3) is 6.04. The monoisotopic (exact) mass is 499 g/mol. The summed E-state index contributed by atoms with van der Waals surface area (Å²) in [6.07, 6.45) is 2.60.